The van der Waals surface area contributed by atoms with Crippen molar-refractivity contribution >= 4 is 39.5 Å². The van der Waals surface area contributed by atoms with E-state index in [1.165, 1.54) is 244 Å². The van der Waals surface area contributed by atoms with Crippen molar-refractivity contribution < 1.29 is 80.2 Å². The SMILES string of the molecule is CCCCCCCCCCCCCCCC(=O)O[C@H](COC(=O)CCCCCCCCCCCC(C)C)COP(=O)(O)OC[C@H](O)COP(=O)(O)OC[C@@H](COC(=O)CCCCCCCCCCCCCCCCC(C)CC)OC(=O)CCCCCCCCCCCCCCCCCCC(C)C. The number of aliphatic hydroxyl groups excluding tert-OH is 1. The van der Waals surface area contributed by atoms with Gasteiger partial charge in [-0.1, -0.05) is 382 Å². The van der Waals surface area contributed by atoms with Gasteiger partial charge < -0.3 is 33.8 Å². The molecule has 0 rings (SSSR count). The highest BCUT2D eigenvalue weighted by atomic mass is 31.2. The lowest BCUT2D eigenvalue weighted by atomic mass is 9.99. The molecular weight excluding hydrogens is 1330 g/mol. The van der Waals surface area contributed by atoms with Gasteiger partial charge >= 0.3 is 39.5 Å². The Morgan fingerprint density at radius 3 is 0.745 bits per heavy atom. The predicted octanol–water partition coefficient (Wildman–Crippen LogP) is 24.9. The van der Waals surface area contributed by atoms with Crippen LogP contribution in [-0.4, -0.2) is 96.7 Å². The number of phosphoric ester groups is 2. The van der Waals surface area contributed by atoms with Crippen LogP contribution in [0.5, 0.6) is 0 Å². The fourth-order valence-corrected chi connectivity index (χ4v) is 14.4. The van der Waals surface area contributed by atoms with Crippen molar-refractivity contribution in [3.05, 3.63) is 0 Å². The Balaban J connectivity index is 5.25. The second-order valence-corrected chi connectivity index (χ2v) is 34.0. The highest BCUT2D eigenvalue weighted by Gasteiger charge is 2.30. The van der Waals surface area contributed by atoms with Crippen LogP contribution in [0.2, 0.25) is 0 Å². The van der Waals surface area contributed by atoms with E-state index in [1.54, 1.807) is 0 Å². The Hall–Kier alpha value is -1.94. The van der Waals surface area contributed by atoms with Gasteiger partial charge in [-0.3, -0.25) is 37.3 Å². The minimum Gasteiger partial charge on any atom is -0.462 e. The molecule has 0 aromatic carbocycles. The number of rotatable bonds is 81. The van der Waals surface area contributed by atoms with E-state index in [1.807, 2.05) is 0 Å². The number of carbonyl (C=O) groups excluding carboxylic acids is 4. The van der Waals surface area contributed by atoms with Gasteiger partial charge in [-0.2, -0.15) is 0 Å². The normalized spacial score (nSPS) is 14.2. The summed E-state index contributed by atoms with van der Waals surface area (Å²) in [7, 11) is -9.92. The quantitative estimate of drug-likeness (QED) is 0.0222. The topological polar surface area (TPSA) is 237 Å². The third-order valence-corrected chi connectivity index (χ3v) is 21.6. The fourth-order valence-electron chi connectivity index (χ4n) is 12.8. The van der Waals surface area contributed by atoms with Crippen LogP contribution in [0.4, 0.5) is 0 Å². The lowest BCUT2D eigenvalue weighted by Gasteiger charge is -2.21. The lowest BCUT2D eigenvalue weighted by Crippen LogP contribution is -2.30. The Kier molecular flexibility index (Phi) is 71.8. The molecule has 3 unspecified atom stereocenters. The predicted molar refractivity (Wildman–Crippen MR) is 418 cm³/mol. The van der Waals surface area contributed by atoms with Crippen molar-refractivity contribution in [2.45, 2.75) is 452 Å². The number of unbranched alkanes of at least 4 members (excludes halogenated alkanes) is 48. The van der Waals surface area contributed by atoms with Crippen molar-refractivity contribution in [3.63, 3.8) is 0 Å². The number of hydrogen-bond donors (Lipinski definition) is 3. The monoisotopic (exact) mass is 1490 g/mol. The molecule has 6 atom stereocenters. The highest BCUT2D eigenvalue weighted by molar-refractivity contribution is 7.47. The molecule has 606 valence electrons. The number of ether oxygens (including phenoxy) is 4. The molecule has 0 amide bonds. The number of carbonyl (C=O) groups is 4. The van der Waals surface area contributed by atoms with Crippen LogP contribution < -0.4 is 0 Å². The largest absolute Gasteiger partial charge is 0.472 e. The van der Waals surface area contributed by atoms with Gasteiger partial charge in [0.05, 0.1) is 26.4 Å². The molecule has 0 heterocycles. The molecule has 0 saturated heterocycles. The van der Waals surface area contributed by atoms with Crippen LogP contribution in [0.3, 0.4) is 0 Å². The standard InChI is InChI=1S/C83H162O17P2/c1-8-10-11-12-13-14-15-22-30-37-45-52-59-66-82(87)100-79(71-94-81(86)65-58-51-44-39-32-34-41-48-55-62-75(5)6)73-98-102(91,92)96-69-77(84)68-95-101(89,90)97-72-78(70-93-80(85)64-57-50-43-36-29-25-21-20-24-28-35-42-49-56-63-76(7)9-2)99-83(88)67-60-53-46-38-31-26-19-17-16-18-23-27-33-40-47-54-61-74(3)4/h74-79,84H,8-73H2,1-7H3,(H,89,90)(H,91,92)/t76?,77-,78-,79-/m1/s1. The maximum Gasteiger partial charge on any atom is 0.472 e. The molecule has 3 N–H and O–H groups in total. The number of phosphoric acid groups is 2. The van der Waals surface area contributed by atoms with Gasteiger partial charge in [0.25, 0.3) is 0 Å². The maximum atomic E-state index is 13.1. The van der Waals surface area contributed by atoms with Crippen molar-refractivity contribution in [2.75, 3.05) is 39.6 Å². The van der Waals surface area contributed by atoms with Crippen LogP contribution in [-0.2, 0) is 65.4 Å². The second-order valence-electron chi connectivity index (χ2n) is 31.1. The first-order chi connectivity index (χ1) is 49.3. The minimum absolute atomic E-state index is 0.107. The molecule has 0 saturated carbocycles. The maximum absolute atomic E-state index is 13.1. The summed E-state index contributed by atoms with van der Waals surface area (Å²) in [6.07, 6.45) is 62.3. The van der Waals surface area contributed by atoms with E-state index < -0.39 is 97.5 Å². The minimum atomic E-state index is -4.96. The second kappa shape index (κ2) is 73.2. The summed E-state index contributed by atoms with van der Waals surface area (Å²) >= 11 is 0. The first-order valence-corrected chi connectivity index (χ1v) is 45.9. The van der Waals surface area contributed by atoms with E-state index >= 15 is 0 Å². The smallest absolute Gasteiger partial charge is 0.462 e. The Morgan fingerprint density at radius 2 is 0.500 bits per heavy atom. The molecule has 0 aliphatic heterocycles. The lowest BCUT2D eigenvalue weighted by molar-refractivity contribution is -0.161. The third-order valence-electron chi connectivity index (χ3n) is 19.7. The molecule has 0 aromatic heterocycles. The van der Waals surface area contributed by atoms with Crippen molar-refractivity contribution in [2.24, 2.45) is 17.8 Å². The van der Waals surface area contributed by atoms with Gasteiger partial charge in [-0.25, -0.2) is 9.13 Å². The molecule has 0 bridgehead atoms. The Morgan fingerprint density at radius 1 is 0.284 bits per heavy atom. The Labute approximate surface area is 626 Å². The molecular formula is C83H162O17P2. The van der Waals surface area contributed by atoms with E-state index in [-0.39, 0.29) is 25.7 Å². The number of esters is 4. The van der Waals surface area contributed by atoms with E-state index in [0.29, 0.717) is 25.7 Å². The van der Waals surface area contributed by atoms with Gasteiger partial charge in [-0.05, 0) is 43.4 Å². The average molecular weight is 1490 g/mol. The van der Waals surface area contributed by atoms with Crippen molar-refractivity contribution in [1.29, 1.82) is 0 Å². The molecule has 0 radical (unpaired) electrons. The van der Waals surface area contributed by atoms with Gasteiger partial charge in [0, 0.05) is 25.7 Å². The van der Waals surface area contributed by atoms with Crippen LogP contribution in [0, 0.1) is 17.8 Å². The summed E-state index contributed by atoms with van der Waals surface area (Å²) in [4.78, 5) is 73.1. The van der Waals surface area contributed by atoms with Gasteiger partial charge in [0.15, 0.2) is 12.2 Å². The van der Waals surface area contributed by atoms with Crippen LogP contribution in [0.1, 0.15) is 434 Å². The Bertz CT molecular complexity index is 1980. The zero-order valence-corrected chi connectivity index (χ0v) is 68.9. The van der Waals surface area contributed by atoms with E-state index in [2.05, 4.69) is 48.5 Å². The summed E-state index contributed by atoms with van der Waals surface area (Å²) in [5, 5.41) is 10.7. The number of aliphatic hydroxyl groups is 1. The molecule has 0 spiro atoms. The molecule has 102 heavy (non-hydrogen) atoms. The third kappa shape index (κ3) is 74.9. The first-order valence-electron chi connectivity index (χ1n) is 42.9. The molecule has 17 nitrogen and oxygen atoms in total. The summed E-state index contributed by atoms with van der Waals surface area (Å²) in [5.74, 6) is 0.297. The van der Waals surface area contributed by atoms with E-state index in [9.17, 15) is 43.2 Å². The van der Waals surface area contributed by atoms with Crippen LogP contribution in [0.25, 0.3) is 0 Å². The molecule has 0 aliphatic rings. The molecule has 0 aliphatic carbocycles. The molecule has 19 heteroatoms. The van der Waals surface area contributed by atoms with Gasteiger partial charge in [0.2, 0.25) is 0 Å². The molecule has 0 fully saturated rings. The number of hydrogen-bond acceptors (Lipinski definition) is 15. The van der Waals surface area contributed by atoms with Gasteiger partial charge in [0.1, 0.15) is 19.3 Å². The van der Waals surface area contributed by atoms with Crippen molar-refractivity contribution in [1.82, 2.24) is 0 Å². The summed E-state index contributed by atoms with van der Waals surface area (Å²) in [6, 6.07) is 0. The summed E-state index contributed by atoms with van der Waals surface area (Å²) in [6.45, 7) is 12.0. The van der Waals surface area contributed by atoms with Crippen LogP contribution in [0.15, 0.2) is 0 Å². The van der Waals surface area contributed by atoms with Gasteiger partial charge in [-0.15, -0.1) is 0 Å². The van der Waals surface area contributed by atoms with Crippen molar-refractivity contribution in [3.8, 4) is 0 Å². The van der Waals surface area contributed by atoms with E-state index in [4.69, 9.17) is 37.0 Å². The zero-order valence-electron chi connectivity index (χ0n) is 67.1. The zero-order chi connectivity index (χ0) is 75.1. The van der Waals surface area contributed by atoms with E-state index in [0.717, 1.165) is 108 Å². The average Bonchev–Trinajstić information content (AvgIpc) is 0.910. The first kappa shape index (κ1) is 100. The molecule has 0 aromatic rings. The summed E-state index contributed by atoms with van der Waals surface area (Å²) < 4.78 is 68.8. The highest BCUT2D eigenvalue weighted by Crippen LogP contribution is 2.45. The fraction of sp³-hybridized carbons (Fsp3) is 0.952. The summed E-state index contributed by atoms with van der Waals surface area (Å²) in [5.41, 5.74) is 0. The van der Waals surface area contributed by atoms with Crippen LogP contribution >= 0.6 is 15.6 Å².